The highest BCUT2D eigenvalue weighted by molar-refractivity contribution is 5.96. The number of anilines is 2. The maximum absolute atomic E-state index is 12.2. The molecule has 0 saturated heterocycles. The lowest BCUT2D eigenvalue weighted by molar-refractivity contribution is -0.116. The van der Waals surface area contributed by atoms with E-state index in [1.165, 1.54) is 5.56 Å². The molecule has 0 fully saturated rings. The predicted octanol–water partition coefficient (Wildman–Crippen LogP) is 4.09. The van der Waals surface area contributed by atoms with Gasteiger partial charge in [0.1, 0.15) is 11.8 Å². The van der Waals surface area contributed by atoms with Crippen molar-refractivity contribution in [2.45, 2.75) is 33.2 Å². The largest absolute Gasteiger partial charge is 0.494 e. The molecular formula is C19H24N2O2. The summed E-state index contributed by atoms with van der Waals surface area (Å²) in [4.78, 5) is 12.2. The Bertz CT molecular complexity index is 621. The third kappa shape index (κ3) is 5.02. The molecule has 2 N–H and O–H groups in total. The van der Waals surface area contributed by atoms with Crippen LogP contribution in [0.15, 0.2) is 48.5 Å². The van der Waals surface area contributed by atoms with E-state index in [1.54, 1.807) is 0 Å². The smallest absolute Gasteiger partial charge is 0.246 e. The fraction of sp³-hybridized carbons (Fsp3) is 0.316. The number of hydrogen-bond acceptors (Lipinski definition) is 3. The van der Waals surface area contributed by atoms with Crippen molar-refractivity contribution in [2.75, 3.05) is 17.2 Å². The minimum Gasteiger partial charge on any atom is -0.494 e. The first-order valence-corrected chi connectivity index (χ1v) is 8.01. The van der Waals surface area contributed by atoms with Gasteiger partial charge in [0.15, 0.2) is 0 Å². The first-order chi connectivity index (χ1) is 11.1. The molecule has 0 radical (unpaired) electrons. The first kappa shape index (κ1) is 16.9. The van der Waals surface area contributed by atoms with E-state index in [4.69, 9.17) is 4.74 Å². The second kappa shape index (κ2) is 8.22. The summed E-state index contributed by atoms with van der Waals surface area (Å²) < 4.78 is 5.40. The van der Waals surface area contributed by atoms with Crippen molar-refractivity contribution in [1.82, 2.24) is 0 Å². The van der Waals surface area contributed by atoms with Crippen LogP contribution in [0.4, 0.5) is 11.4 Å². The zero-order valence-corrected chi connectivity index (χ0v) is 13.9. The molecule has 4 nitrogen and oxygen atoms in total. The lowest BCUT2D eigenvalue weighted by Gasteiger charge is -2.16. The van der Waals surface area contributed by atoms with Gasteiger partial charge in [-0.25, -0.2) is 0 Å². The van der Waals surface area contributed by atoms with E-state index in [0.29, 0.717) is 6.61 Å². The highest BCUT2D eigenvalue weighted by atomic mass is 16.5. The average molecular weight is 312 g/mol. The van der Waals surface area contributed by atoms with Crippen molar-refractivity contribution in [2.24, 2.45) is 0 Å². The van der Waals surface area contributed by atoms with Gasteiger partial charge >= 0.3 is 0 Å². The molecule has 0 aromatic heterocycles. The number of amides is 1. The number of carbonyl (C=O) groups is 1. The monoisotopic (exact) mass is 312 g/mol. The third-order valence-corrected chi connectivity index (χ3v) is 3.57. The number of benzene rings is 2. The number of hydrogen-bond donors (Lipinski definition) is 2. The van der Waals surface area contributed by atoms with E-state index < -0.39 is 0 Å². The van der Waals surface area contributed by atoms with Crippen LogP contribution in [0.25, 0.3) is 0 Å². The number of ether oxygens (including phenoxy) is 1. The van der Waals surface area contributed by atoms with E-state index in [1.807, 2.05) is 62.4 Å². The van der Waals surface area contributed by atoms with Crippen LogP contribution in [-0.2, 0) is 11.2 Å². The van der Waals surface area contributed by atoms with Crippen molar-refractivity contribution >= 4 is 17.3 Å². The molecule has 0 saturated carbocycles. The molecule has 0 spiro atoms. The van der Waals surface area contributed by atoms with Crippen molar-refractivity contribution in [3.8, 4) is 5.75 Å². The van der Waals surface area contributed by atoms with E-state index in [9.17, 15) is 4.79 Å². The van der Waals surface area contributed by atoms with Crippen LogP contribution < -0.4 is 15.4 Å². The molecular weight excluding hydrogens is 288 g/mol. The molecule has 122 valence electrons. The molecule has 1 amide bonds. The quantitative estimate of drug-likeness (QED) is 0.809. The second-order valence-corrected chi connectivity index (χ2v) is 5.36. The molecule has 1 atom stereocenters. The van der Waals surface area contributed by atoms with Gasteiger partial charge in [0.25, 0.3) is 0 Å². The predicted molar refractivity (Wildman–Crippen MR) is 95.1 cm³/mol. The standard InChI is InChI=1S/C19H24N2O2/c1-4-15-6-8-17(9-7-15)21-19(22)14(3)20-16-10-12-18(13-11-16)23-5-2/h6-14,20H,4-5H2,1-3H3,(H,21,22). The molecule has 0 aliphatic rings. The van der Waals surface area contributed by atoms with Crippen molar-refractivity contribution in [3.05, 3.63) is 54.1 Å². The summed E-state index contributed by atoms with van der Waals surface area (Å²) in [7, 11) is 0. The molecule has 0 heterocycles. The first-order valence-electron chi connectivity index (χ1n) is 8.01. The lowest BCUT2D eigenvalue weighted by atomic mass is 10.1. The Labute approximate surface area is 137 Å². The van der Waals surface area contributed by atoms with Gasteiger partial charge in [-0.2, -0.15) is 0 Å². The third-order valence-electron chi connectivity index (χ3n) is 3.57. The summed E-state index contributed by atoms with van der Waals surface area (Å²) in [6, 6.07) is 15.2. The van der Waals surface area contributed by atoms with Gasteiger partial charge in [0, 0.05) is 11.4 Å². The van der Waals surface area contributed by atoms with Crippen molar-refractivity contribution in [3.63, 3.8) is 0 Å². The Morgan fingerprint density at radius 3 is 2.17 bits per heavy atom. The van der Waals surface area contributed by atoms with Gasteiger partial charge in [-0.05, 0) is 62.2 Å². The Kier molecular flexibility index (Phi) is 6.03. The summed E-state index contributed by atoms with van der Waals surface area (Å²) in [6.45, 7) is 6.54. The van der Waals surface area contributed by atoms with Crippen LogP contribution in [-0.4, -0.2) is 18.6 Å². The highest BCUT2D eigenvalue weighted by Crippen LogP contribution is 2.17. The Morgan fingerprint density at radius 2 is 1.61 bits per heavy atom. The zero-order valence-electron chi connectivity index (χ0n) is 13.9. The molecule has 23 heavy (non-hydrogen) atoms. The van der Waals surface area contributed by atoms with Gasteiger partial charge in [-0.3, -0.25) is 4.79 Å². The minimum atomic E-state index is -0.334. The summed E-state index contributed by atoms with van der Waals surface area (Å²) in [5, 5.41) is 6.10. The maximum atomic E-state index is 12.2. The molecule has 2 aromatic carbocycles. The molecule has 0 aliphatic heterocycles. The molecule has 0 aliphatic carbocycles. The van der Waals surface area contributed by atoms with Crippen molar-refractivity contribution < 1.29 is 9.53 Å². The van der Waals surface area contributed by atoms with Crippen LogP contribution in [0, 0.1) is 0 Å². The number of nitrogens with one attached hydrogen (secondary N) is 2. The van der Waals surface area contributed by atoms with Crippen LogP contribution in [0.3, 0.4) is 0 Å². The number of rotatable bonds is 7. The van der Waals surface area contributed by atoms with E-state index >= 15 is 0 Å². The normalized spacial score (nSPS) is 11.6. The fourth-order valence-electron chi connectivity index (χ4n) is 2.20. The van der Waals surface area contributed by atoms with Crippen LogP contribution in [0.1, 0.15) is 26.3 Å². The van der Waals surface area contributed by atoms with Gasteiger partial charge in [-0.15, -0.1) is 0 Å². The van der Waals surface area contributed by atoms with E-state index in [-0.39, 0.29) is 11.9 Å². The van der Waals surface area contributed by atoms with Gasteiger partial charge in [-0.1, -0.05) is 19.1 Å². The fourth-order valence-corrected chi connectivity index (χ4v) is 2.20. The van der Waals surface area contributed by atoms with Crippen LogP contribution in [0.2, 0.25) is 0 Å². The highest BCUT2D eigenvalue weighted by Gasteiger charge is 2.12. The zero-order chi connectivity index (χ0) is 16.7. The molecule has 4 heteroatoms. The van der Waals surface area contributed by atoms with Gasteiger partial charge in [0.05, 0.1) is 6.61 Å². The number of carbonyl (C=O) groups excluding carboxylic acids is 1. The van der Waals surface area contributed by atoms with Crippen LogP contribution in [0.5, 0.6) is 5.75 Å². The molecule has 1 unspecified atom stereocenters. The Balaban J connectivity index is 1.90. The SMILES string of the molecule is CCOc1ccc(NC(C)C(=O)Nc2ccc(CC)cc2)cc1. The number of aryl methyl sites for hydroxylation is 1. The lowest BCUT2D eigenvalue weighted by Crippen LogP contribution is -2.31. The Hall–Kier alpha value is -2.49. The summed E-state index contributed by atoms with van der Waals surface area (Å²) in [5.74, 6) is 0.759. The molecule has 2 aromatic rings. The minimum absolute atomic E-state index is 0.0665. The van der Waals surface area contributed by atoms with E-state index in [2.05, 4.69) is 17.6 Å². The van der Waals surface area contributed by atoms with Gasteiger partial charge < -0.3 is 15.4 Å². The van der Waals surface area contributed by atoms with Crippen LogP contribution >= 0.6 is 0 Å². The summed E-state index contributed by atoms with van der Waals surface area (Å²) in [6.07, 6.45) is 0.990. The van der Waals surface area contributed by atoms with E-state index in [0.717, 1.165) is 23.5 Å². The summed E-state index contributed by atoms with van der Waals surface area (Å²) in [5.41, 5.74) is 2.95. The molecule has 2 rings (SSSR count). The molecule has 0 bridgehead atoms. The summed E-state index contributed by atoms with van der Waals surface area (Å²) >= 11 is 0. The van der Waals surface area contributed by atoms with Crippen molar-refractivity contribution in [1.29, 1.82) is 0 Å². The van der Waals surface area contributed by atoms with Gasteiger partial charge in [0.2, 0.25) is 5.91 Å². The average Bonchev–Trinajstić information content (AvgIpc) is 2.57. The Morgan fingerprint density at radius 1 is 1.00 bits per heavy atom. The topological polar surface area (TPSA) is 50.4 Å². The maximum Gasteiger partial charge on any atom is 0.246 e. The second-order valence-electron chi connectivity index (χ2n) is 5.36.